The van der Waals surface area contributed by atoms with Crippen molar-refractivity contribution in [1.29, 1.82) is 0 Å². The number of carbonyl (C=O) groups is 3. The molecule has 1 aromatic carbocycles. The van der Waals surface area contributed by atoms with E-state index < -0.39 is 23.2 Å². The number of ether oxygens (including phenoxy) is 2. The Labute approximate surface area is 236 Å². The van der Waals surface area contributed by atoms with E-state index in [1.54, 1.807) is 30.5 Å². The molecule has 0 aliphatic carbocycles. The maximum Gasteiger partial charge on any atom is 0.345 e. The van der Waals surface area contributed by atoms with Crippen LogP contribution in [0.25, 0.3) is 11.1 Å². The Hall–Kier alpha value is -3.27. The zero-order valence-electron chi connectivity index (χ0n) is 22.6. The molecular formula is C29H32ClNO7S. The number of carboxylic acids is 1. The number of Topliss-reactive ketones (excluding diaryl/α,β-unsaturated/α-hetero) is 2. The first-order valence-corrected chi connectivity index (χ1v) is 13.7. The minimum absolute atomic E-state index is 0.0517. The van der Waals surface area contributed by atoms with Crippen LogP contribution in [0.5, 0.6) is 5.75 Å². The van der Waals surface area contributed by atoms with Gasteiger partial charge in [-0.05, 0) is 68.0 Å². The number of benzene rings is 1. The lowest BCUT2D eigenvalue weighted by atomic mass is 9.95. The average Bonchev–Trinajstić information content (AvgIpc) is 3.34. The molecule has 10 heteroatoms. The van der Waals surface area contributed by atoms with Crippen LogP contribution < -0.4 is 10.3 Å². The maximum absolute atomic E-state index is 13.5. The number of carbonyl (C=O) groups excluding carboxylic acids is 2. The number of aromatic nitrogens is 1. The third kappa shape index (κ3) is 7.65. The van der Waals surface area contributed by atoms with Crippen molar-refractivity contribution < 1.29 is 29.0 Å². The van der Waals surface area contributed by atoms with Crippen LogP contribution in [0.2, 0.25) is 5.02 Å². The monoisotopic (exact) mass is 573 g/mol. The number of thiophene rings is 1. The Morgan fingerprint density at radius 3 is 2.44 bits per heavy atom. The molecule has 2 aromatic heterocycles. The summed E-state index contributed by atoms with van der Waals surface area (Å²) in [5.74, 6) is -1.16. The Morgan fingerprint density at radius 2 is 1.85 bits per heavy atom. The van der Waals surface area contributed by atoms with Gasteiger partial charge in [-0.1, -0.05) is 18.5 Å². The van der Waals surface area contributed by atoms with E-state index in [0.29, 0.717) is 33.0 Å². The normalized spacial score (nSPS) is 12.3. The molecule has 0 amide bonds. The second-order valence-electron chi connectivity index (χ2n) is 10.0. The van der Waals surface area contributed by atoms with Crippen LogP contribution >= 0.6 is 22.9 Å². The van der Waals surface area contributed by atoms with Crippen LogP contribution in [0.4, 0.5) is 0 Å². The van der Waals surface area contributed by atoms with Gasteiger partial charge in [0.25, 0.3) is 5.56 Å². The van der Waals surface area contributed by atoms with E-state index in [0.717, 1.165) is 11.3 Å². The molecule has 2 heterocycles. The smallest absolute Gasteiger partial charge is 0.345 e. The third-order valence-electron chi connectivity index (χ3n) is 6.03. The zero-order chi connectivity index (χ0) is 28.9. The van der Waals surface area contributed by atoms with Gasteiger partial charge in [0, 0.05) is 41.7 Å². The predicted molar refractivity (Wildman–Crippen MR) is 152 cm³/mol. The van der Waals surface area contributed by atoms with Gasteiger partial charge in [0.2, 0.25) is 0 Å². The van der Waals surface area contributed by atoms with Gasteiger partial charge in [-0.3, -0.25) is 14.4 Å². The molecule has 208 valence electrons. The average molecular weight is 574 g/mol. The van der Waals surface area contributed by atoms with Crippen molar-refractivity contribution in [3.8, 4) is 16.9 Å². The molecule has 0 spiro atoms. The predicted octanol–water partition coefficient (Wildman–Crippen LogP) is 6.09. The summed E-state index contributed by atoms with van der Waals surface area (Å²) in [7, 11) is 1.44. The number of ketones is 2. The summed E-state index contributed by atoms with van der Waals surface area (Å²) in [6, 6.07) is 6.76. The van der Waals surface area contributed by atoms with Gasteiger partial charge < -0.3 is 19.1 Å². The summed E-state index contributed by atoms with van der Waals surface area (Å²) in [6.07, 6.45) is 1.90. The summed E-state index contributed by atoms with van der Waals surface area (Å²) in [5.41, 5.74) is 0.913. The molecule has 3 rings (SSSR count). The molecule has 3 aromatic rings. The quantitative estimate of drug-likeness (QED) is 0.261. The molecule has 0 aliphatic heterocycles. The highest BCUT2D eigenvalue weighted by Gasteiger charge is 2.26. The van der Waals surface area contributed by atoms with Crippen molar-refractivity contribution >= 4 is 40.5 Å². The molecule has 0 fully saturated rings. The molecular weight excluding hydrogens is 542 g/mol. The fraction of sp³-hybridized carbons (Fsp3) is 0.379. The lowest BCUT2D eigenvalue weighted by molar-refractivity contribution is -0.122. The second-order valence-corrected chi connectivity index (χ2v) is 11.3. The molecule has 0 radical (unpaired) electrons. The standard InChI is InChI=1S/C29H32ClNO7S/c1-6-23(32)19-8-7-18(30)13-20(19)21-14-27(34)31(15-25(21)37-5)22(9-10-38-29(2,3)4)24(33)11-17-12-26(28(35)36)39-16-17/h7-8,12-16,22H,6,9-11H2,1-5H3,(H,35,36). The number of hydrogen-bond acceptors (Lipinski definition) is 7. The summed E-state index contributed by atoms with van der Waals surface area (Å²) in [4.78, 5) is 51.0. The van der Waals surface area contributed by atoms with E-state index in [9.17, 15) is 24.3 Å². The number of rotatable bonds is 12. The molecule has 39 heavy (non-hydrogen) atoms. The SMILES string of the molecule is CCC(=O)c1ccc(Cl)cc1-c1cc(=O)n(C(CCOC(C)(C)C)C(=O)Cc2csc(C(=O)O)c2)cc1OC. The number of hydrogen-bond donors (Lipinski definition) is 1. The number of halogens is 1. The van der Waals surface area contributed by atoms with E-state index >= 15 is 0 Å². The lowest BCUT2D eigenvalue weighted by Crippen LogP contribution is -2.32. The summed E-state index contributed by atoms with van der Waals surface area (Å²) >= 11 is 7.28. The topological polar surface area (TPSA) is 112 Å². The molecule has 8 nitrogen and oxygen atoms in total. The van der Waals surface area contributed by atoms with Crippen LogP contribution in [0, 0.1) is 0 Å². The minimum Gasteiger partial charge on any atom is -0.495 e. The first kappa shape index (κ1) is 30.3. The third-order valence-corrected chi connectivity index (χ3v) is 7.24. The second kappa shape index (κ2) is 12.7. The zero-order valence-corrected chi connectivity index (χ0v) is 24.1. The van der Waals surface area contributed by atoms with Crippen LogP contribution in [0.3, 0.4) is 0 Å². The Morgan fingerprint density at radius 1 is 1.13 bits per heavy atom. The Kier molecular flexibility index (Phi) is 9.88. The molecule has 1 N–H and O–H groups in total. The first-order valence-electron chi connectivity index (χ1n) is 12.4. The highest BCUT2D eigenvalue weighted by atomic mass is 35.5. The highest BCUT2D eigenvalue weighted by molar-refractivity contribution is 7.12. The fourth-order valence-corrected chi connectivity index (χ4v) is 5.07. The fourth-order valence-electron chi connectivity index (χ4n) is 4.15. The number of pyridine rings is 1. The van der Waals surface area contributed by atoms with Crippen LogP contribution in [0.15, 0.2) is 46.7 Å². The molecule has 0 saturated carbocycles. The van der Waals surface area contributed by atoms with Gasteiger partial charge in [0.1, 0.15) is 10.6 Å². The maximum atomic E-state index is 13.5. The number of nitrogens with zero attached hydrogens (tertiary/aromatic N) is 1. The number of carboxylic acid groups (broad SMARTS) is 1. The Balaban J connectivity index is 2.07. The van der Waals surface area contributed by atoms with Crippen LogP contribution in [0.1, 0.15) is 72.2 Å². The largest absolute Gasteiger partial charge is 0.495 e. The highest BCUT2D eigenvalue weighted by Crippen LogP contribution is 2.34. The van der Waals surface area contributed by atoms with Gasteiger partial charge >= 0.3 is 5.97 Å². The van der Waals surface area contributed by atoms with Gasteiger partial charge in [0.05, 0.1) is 24.9 Å². The molecule has 0 saturated heterocycles. The van der Waals surface area contributed by atoms with E-state index in [1.807, 2.05) is 20.8 Å². The van der Waals surface area contributed by atoms with E-state index in [4.69, 9.17) is 21.1 Å². The first-order chi connectivity index (χ1) is 18.3. The van der Waals surface area contributed by atoms with Crippen LogP contribution in [-0.2, 0) is 16.0 Å². The van der Waals surface area contributed by atoms with Gasteiger partial charge in [-0.25, -0.2) is 4.79 Å². The Bertz CT molecular complexity index is 1430. The lowest BCUT2D eigenvalue weighted by Gasteiger charge is -2.24. The molecule has 1 atom stereocenters. The minimum atomic E-state index is -1.06. The molecule has 0 bridgehead atoms. The summed E-state index contributed by atoms with van der Waals surface area (Å²) in [6.45, 7) is 7.65. The van der Waals surface area contributed by atoms with Gasteiger partial charge in [-0.15, -0.1) is 11.3 Å². The number of methoxy groups -OCH3 is 1. The van der Waals surface area contributed by atoms with Crippen molar-refractivity contribution in [2.75, 3.05) is 13.7 Å². The molecule has 1 unspecified atom stereocenters. The summed E-state index contributed by atoms with van der Waals surface area (Å²) < 4.78 is 12.8. The van der Waals surface area contributed by atoms with Gasteiger partial charge in [0.15, 0.2) is 11.6 Å². The van der Waals surface area contributed by atoms with Crippen molar-refractivity contribution in [2.24, 2.45) is 0 Å². The van der Waals surface area contributed by atoms with E-state index in [-0.39, 0.29) is 42.3 Å². The van der Waals surface area contributed by atoms with Gasteiger partial charge in [-0.2, -0.15) is 0 Å². The van der Waals surface area contributed by atoms with Crippen molar-refractivity contribution in [3.63, 3.8) is 0 Å². The number of aromatic carboxylic acids is 1. The van der Waals surface area contributed by atoms with Crippen molar-refractivity contribution in [3.05, 3.63) is 73.3 Å². The molecule has 0 aliphatic rings. The van der Waals surface area contributed by atoms with Crippen molar-refractivity contribution in [2.45, 2.75) is 58.6 Å². The van der Waals surface area contributed by atoms with E-state index in [2.05, 4.69) is 0 Å². The summed E-state index contributed by atoms with van der Waals surface area (Å²) in [5, 5.41) is 11.3. The van der Waals surface area contributed by atoms with Crippen LogP contribution in [-0.4, -0.2) is 46.5 Å². The van der Waals surface area contributed by atoms with E-state index in [1.165, 1.54) is 30.0 Å². The van der Waals surface area contributed by atoms with Crippen molar-refractivity contribution in [1.82, 2.24) is 4.57 Å².